The second-order valence-corrected chi connectivity index (χ2v) is 9.09. The summed E-state index contributed by atoms with van der Waals surface area (Å²) >= 11 is 0. The van der Waals surface area contributed by atoms with Crippen LogP contribution in [-0.2, 0) is 20.8 Å². The fraction of sp³-hybridized carbons (Fsp3) is 0.500. The highest BCUT2D eigenvalue weighted by molar-refractivity contribution is 5.89. The number of nitrogens with one attached hydrogen (secondary N) is 2. The first-order valence-electron chi connectivity index (χ1n) is 11.7. The number of aromatic nitrogens is 4. The van der Waals surface area contributed by atoms with E-state index in [0.717, 1.165) is 5.56 Å². The van der Waals surface area contributed by atoms with Crippen LogP contribution in [0.15, 0.2) is 36.4 Å². The first kappa shape index (κ1) is 27.6. The number of carbonyl (C=O) groups excluding carboxylic acids is 3. The summed E-state index contributed by atoms with van der Waals surface area (Å²) in [5.74, 6) is -1.23. The molecule has 0 radical (unpaired) electrons. The summed E-state index contributed by atoms with van der Waals surface area (Å²) in [6.07, 6.45) is 4.16. The standard InChI is InChI=1S/C24H35N7O4/c1-17(2)13-14-22(32)31(30(16-18(3)4)23(33)15-21-25-28-29-26-21)20(24(34)27-35)12-8-11-19-9-6-5-7-10-19/h5-11,17-18,20,35H,12-16H2,1-4H3,(H,27,34)(H,25,26,28,29)/t20-/m0/s1. The number of tetrazole rings is 1. The first-order valence-corrected chi connectivity index (χ1v) is 11.7. The van der Waals surface area contributed by atoms with Crippen molar-refractivity contribution in [1.29, 1.82) is 0 Å². The molecule has 0 fully saturated rings. The zero-order valence-electron chi connectivity index (χ0n) is 20.7. The van der Waals surface area contributed by atoms with Gasteiger partial charge in [-0.25, -0.2) is 10.5 Å². The van der Waals surface area contributed by atoms with E-state index >= 15 is 0 Å². The average molecular weight is 486 g/mol. The fourth-order valence-corrected chi connectivity index (χ4v) is 3.43. The highest BCUT2D eigenvalue weighted by Crippen LogP contribution is 2.19. The van der Waals surface area contributed by atoms with Gasteiger partial charge in [0.1, 0.15) is 6.04 Å². The van der Waals surface area contributed by atoms with E-state index in [9.17, 15) is 19.6 Å². The van der Waals surface area contributed by atoms with E-state index in [-0.39, 0.29) is 49.4 Å². The van der Waals surface area contributed by atoms with E-state index < -0.39 is 17.9 Å². The number of hydrazine groups is 1. The van der Waals surface area contributed by atoms with Crippen molar-refractivity contribution in [2.75, 3.05) is 6.54 Å². The van der Waals surface area contributed by atoms with E-state index in [2.05, 4.69) is 20.6 Å². The molecule has 2 rings (SSSR count). The Balaban J connectivity index is 2.42. The number of nitrogens with zero attached hydrogens (tertiary/aromatic N) is 5. The second kappa shape index (κ2) is 14.0. The normalized spacial score (nSPS) is 12.2. The molecule has 11 nitrogen and oxygen atoms in total. The Morgan fingerprint density at radius 2 is 1.80 bits per heavy atom. The predicted octanol–water partition coefficient (Wildman–Crippen LogP) is 2.38. The summed E-state index contributed by atoms with van der Waals surface area (Å²) in [5.41, 5.74) is 2.58. The molecule has 0 aliphatic rings. The molecule has 0 aliphatic carbocycles. The maximum Gasteiger partial charge on any atom is 0.268 e. The van der Waals surface area contributed by atoms with Crippen molar-refractivity contribution in [3.05, 3.63) is 47.8 Å². The summed E-state index contributed by atoms with van der Waals surface area (Å²) in [5, 5.41) is 25.4. The molecule has 11 heteroatoms. The molecule has 35 heavy (non-hydrogen) atoms. The second-order valence-electron chi connectivity index (χ2n) is 9.09. The molecule has 0 unspecified atom stereocenters. The van der Waals surface area contributed by atoms with Gasteiger partial charge in [0.25, 0.3) is 5.91 Å². The van der Waals surface area contributed by atoms with Gasteiger partial charge in [-0.15, -0.1) is 10.2 Å². The number of aromatic amines is 1. The van der Waals surface area contributed by atoms with Crippen LogP contribution in [0.3, 0.4) is 0 Å². The van der Waals surface area contributed by atoms with Crippen LogP contribution in [0, 0.1) is 11.8 Å². The van der Waals surface area contributed by atoms with Crippen LogP contribution in [-0.4, -0.2) is 66.2 Å². The lowest BCUT2D eigenvalue weighted by Crippen LogP contribution is -2.59. The number of hydrogen-bond donors (Lipinski definition) is 3. The molecule has 2 aromatic rings. The monoisotopic (exact) mass is 485 g/mol. The molecule has 1 aromatic heterocycles. The zero-order valence-corrected chi connectivity index (χ0v) is 20.7. The Morgan fingerprint density at radius 1 is 1.09 bits per heavy atom. The molecule has 0 spiro atoms. The molecule has 1 aromatic carbocycles. The van der Waals surface area contributed by atoms with E-state index in [4.69, 9.17) is 0 Å². The molecule has 0 aliphatic heterocycles. The SMILES string of the molecule is CC(C)CCC(=O)N([C@@H](CC=Cc1ccccc1)C(=O)NO)N(CC(C)C)C(=O)Cc1nn[nH]n1. The topological polar surface area (TPSA) is 144 Å². The van der Waals surface area contributed by atoms with Gasteiger partial charge in [0.15, 0.2) is 5.82 Å². The molecule has 3 N–H and O–H groups in total. The van der Waals surface area contributed by atoms with Crippen LogP contribution in [0.2, 0.25) is 0 Å². The quantitative estimate of drug-likeness (QED) is 0.309. The van der Waals surface area contributed by atoms with Crippen molar-refractivity contribution in [1.82, 2.24) is 36.1 Å². The lowest BCUT2D eigenvalue weighted by molar-refractivity contribution is -0.175. The molecule has 190 valence electrons. The smallest absolute Gasteiger partial charge is 0.268 e. The molecular weight excluding hydrogens is 450 g/mol. The van der Waals surface area contributed by atoms with Crippen molar-refractivity contribution in [3.8, 4) is 0 Å². The van der Waals surface area contributed by atoms with Gasteiger partial charge in [-0.3, -0.25) is 24.6 Å². The number of carbonyl (C=O) groups is 3. The maximum atomic E-state index is 13.5. The number of hydrogen-bond acceptors (Lipinski definition) is 7. The van der Waals surface area contributed by atoms with Crippen LogP contribution in [0.25, 0.3) is 6.08 Å². The van der Waals surface area contributed by atoms with Crippen LogP contribution < -0.4 is 5.48 Å². The van der Waals surface area contributed by atoms with Crippen molar-refractivity contribution in [3.63, 3.8) is 0 Å². The molecule has 1 atom stereocenters. The molecule has 0 saturated heterocycles. The third-order valence-electron chi connectivity index (χ3n) is 5.15. The third kappa shape index (κ3) is 8.93. The molecular formula is C24H35N7O4. The number of hydroxylamine groups is 1. The van der Waals surface area contributed by atoms with Gasteiger partial charge in [0.2, 0.25) is 11.8 Å². The Hall–Kier alpha value is -3.60. The minimum atomic E-state index is -1.15. The maximum absolute atomic E-state index is 13.5. The molecule has 0 saturated carbocycles. The van der Waals surface area contributed by atoms with Crippen molar-refractivity contribution < 1.29 is 19.6 Å². The van der Waals surface area contributed by atoms with Crippen LogP contribution in [0.4, 0.5) is 0 Å². The van der Waals surface area contributed by atoms with Crippen LogP contribution in [0.5, 0.6) is 0 Å². The largest absolute Gasteiger partial charge is 0.289 e. The van der Waals surface area contributed by atoms with Gasteiger partial charge in [-0.1, -0.05) is 75.4 Å². The summed E-state index contributed by atoms with van der Waals surface area (Å²) in [6.45, 7) is 7.97. The van der Waals surface area contributed by atoms with Crippen LogP contribution in [0.1, 0.15) is 58.3 Å². The lowest BCUT2D eigenvalue weighted by Gasteiger charge is -2.40. The lowest BCUT2D eigenvalue weighted by atomic mass is 10.1. The van der Waals surface area contributed by atoms with Crippen LogP contribution >= 0.6 is 0 Å². The predicted molar refractivity (Wildman–Crippen MR) is 129 cm³/mol. The van der Waals surface area contributed by atoms with Gasteiger partial charge in [0, 0.05) is 13.0 Å². The summed E-state index contributed by atoms with van der Waals surface area (Å²) in [6, 6.07) is 8.34. The van der Waals surface area contributed by atoms with E-state index in [1.807, 2.05) is 64.1 Å². The van der Waals surface area contributed by atoms with E-state index in [1.165, 1.54) is 10.0 Å². The third-order valence-corrected chi connectivity index (χ3v) is 5.15. The zero-order chi connectivity index (χ0) is 25.8. The number of rotatable bonds is 12. The fourth-order valence-electron chi connectivity index (χ4n) is 3.43. The highest BCUT2D eigenvalue weighted by Gasteiger charge is 2.36. The van der Waals surface area contributed by atoms with Gasteiger partial charge in [-0.05, 0) is 30.2 Å². The molecule has 0 bridgehead atoms. The minimum absolute atomic E-state index is 0.0117. The summed E-state index contributed by atoms with van der Waals surface area (Å²) in [4.78, 5) is 39.6. The number of H-pyrrole nitrogens is 1. The molecule has 1 heterocycles. The highest BCUT2D eigenvalue weighted by atomic mass is 16.5. The van der Waals surface area contributed by atoms with Gasteiger partial charge >= 0.3 is 0 Å². The van der Waals surface area contributed by atoms with Crippen molar-refractivity contribution >= 4 is 23.8 Å². The average Bonchev–Trinajstić information content (AvgIpc) is 3.34. The molecule has 3 amide bonds. The van der Waals surface area contributed by atoms with Gasteiger partial charge < -0.3 is 0 Å². The minimum Gasteiger partial charge on any atom is -0.289 e. The Labute approximate surface area is 205 Å². The van der Waals surface area contributed by atoms with Gasteiger partial charge in [-0.2, -0.15) is 5.21 Å². The van der Waals surface area contributed by atoms with Gasteiger partial charge in [0.05, 0.1) is 6.42 Å². The first-order chi connectivity index (χ1) is 16.7. The number of benzene rings is 1. The number of amides is 3. The summed E-state index contributed by atoms with van der Waals surface area (Å²) in [7, 11) is 0. The Bertz CT molecular complexity index is 962. The Morgan fingerprint density at radius 3 is 2.37 bits per heavy atom. The van der Waals surface area contributed by atoms with E-state index in [1.54, 1.807) is 11.6 Å². The van der Waals surface area contributed by atoms with Crippen molar-refractivity contribution in [2.45, 2.75) is 59.4 Å². The van der Waals surface area contributed by atoms with E-state index in [0.29, 0.717) is 6.42 Å². The Kier molecular flexibility index (Phi) is 11.0. The van der Waals surface area contributed by atoms with Crippen molar-refractivity contribution in [2.24, 2.45) is 11.8 Å². The summed E-state index contributed by atoms with van der Waals surface area (Å²) < 4.78 is 0.